The summed E-state index contributed by atoms with van der Waals surface area (Å²) < 4.78 is 13.9. The summed E-state index contributed by atoms with van der Waals surface area (Å²) in [6.07, 6.45) is 0. The fraction of sp³-hybridized carbons (Fsp3) is 1.00. The maximum atomic E-state index is 4.65. The van der Waals surface area contributed by atoms with Gasteiger partial charge in [-0.3, -0.25) is 0 Å². The lowest BCUT2D eigenvalue weighted by Crippen LogP contribution is -2.02. The molecule has 1 fully saturated rings. The molecule has 3 nitrogen and oxygen atoms in total. The molecule has 36 valence electrons. The van der Waals surface area contributed by atoms with Gasteiger partial charge < -0.3 is 13.8 Å². The minimum Gasteiger partial charge on any atom is -0.329 e. The molecule has 0 unspecified atom stereocenters. The molecule has 0 N–H and O–H groups in total. The smallest absolute Gasteiger partial charge is 0.159 e. The normalized spacial score (nSPS) is 24.0. The molecule has 0 bridgehead atoms. The first kappa shape index (κ1) is 4.47. The van der Waals surface area contributed by atoms with Gasteiger partial charge in [-0.25, -0.2) is 0 Å². The number of hydrogen-bond acceptors (Lipinski definition) is 3. The van der Waals surface area contributed by atoms with Crippen molar-refractivity contribution in [2.24, 2.45) is 0 Å². The fourth-order valence-electron chi connectivity index (χ4n) is 0.207. The molecule has 1 rings (SSSR count). The molecule has 0 atom stereocenters. The van der Waals surface area contributed by atoms with E-state index < -0.39 is 0 Å². The second-order valence-electron chi connectivity index (χ2n) is 0.812. The molecule has 4 heteroatoms. The summed E-state index contributed by atoms with van der Waals surface area (Å²) in [7, 11) is 0.177. The summed E-state index contributed by atoms with van der Waals surface area (Å²) >= 11 is 0. The Morgan fingerprint density at radius 1 is 1.17 bits per heavy atom. The Labute approximate surface area is 37.5 Å². The molecule has 0 aromatic rings. The Kier molecular flexibility index (Phi) is 1.85. The summed E-state index contributed by atoms with van der Waals surface area (Å²) in [5.74, 6) is 0. The van der Waals surface area contributed by atoms with Crippen LogP contribution in [0.4, 0.5) is 0 Å². The van der Waals surface area contributed by atoms with Crippen LogP contribution in [0.2, 0.25) is 0 Å². The zero-order valence-corrected chi connectivity index (χ0v) is 4.14. The minimum absolute atomic E-state index is 0.177. The maximum Gasteiger partial charge on any atom is 0.159 e. The van der Waals surface area contributed by atoms with E-state index in [2.05, 4.69) is 13.8 Å². The average molecular weight is 108 g/mol. The van der Waals surface area contributed by atoms with Gasteiger partial charge >= 0.3 is 0 Å². The predicted octanol–water partition coefficient (Wildman–Crippen LogP) is 0.473. The van der Waals surface area contributed by atoms with Crippen LogP contribution in [0.5, 0.6) is 0 Å². The molecule has 1 heterocycles. The van der Waals surface area contributed by atoms with Crippen molar-refractivity contribution < 1.29 is 13.8 Å². The molecule has 0 aliphatic carbocycles. The van der Waals surface area contributed by atoms with Crippen LogP contribution < -0.4 is 0 Å². The highest BCUT2D eigenvalue weighted by Gasteiger charge is 1.94. The van der Waals surface area contributed by atoms with Crippen LogP contribution in [0.3, 0.4) is 0 Å². The van der Waals surface area contributed by atoms with E-state index in [4.69, 9.17) is 0 Å². The van der Waals surface area contributed by atoms with E-state index in [0.717, 1.165) is 0 Å². The molecule has 0 aromatic heterocycles. The summed E-state index contributed by atoms with van der Waals surface area (Å²) in [6, 6.07) is 0. The molecule has 0 saturated carbocycles. The first-order valence-electron chi connectivity index (χ1n) is 1.56. The lowest BCUT2D eigenvalue weighted by Gasteiger charge is -2.09. The predicted molar refractivity (Wildman–Crippen MR) is 21.3 cm³/mol. The molecule has 6 heavy (non-hydrogen) atoms. The number of ether oxygens (including phenoxy) is 1. The molecule has 0 spiro atoms. The van der Waals surface area contributed by atoms with Crippen molar-refractivity contribution >= 4 is 9.03 Å². The zero-order valence-electron chi connectivity index (χ0n) is 3.14. The summed E-state index contributed by atoms with van der Waals surface area (Å²) in [5.41, 5.74) is 0. The van der Waals surface area contributed by atoms with Crippen LogP contribution in [0.15, 0.2) is 0 Å². The third-order valence-electron chi connectivity index (χ3n) is 0.402. The second kappa shape index (κ2) is 2.48. The van der Waals surface area contributed by atoms with E-state index in [1.165, 1.54) is 0 Å². The van der Waals surface area contributed by atoms with Gasteiger partial charge in [-0.05, 0) is 0 Å². The molecule has 0 amide bonds. The Bertz CT molecular complexity index is 24.3. The van der Waals surface area contributed by atoms with Gasteiger partial charge in [0, 0.05) is 0 Å². The lowest BCUT2D eigenvalue weighted by molar-refractivity contribution is -0.0845. The summed E-state index contributed by atoms with van der Waals surface area (Å²) in [4.78, 5) is 0. The molecule has 0 radical (unpaired) electrons. The molecule has 1 saturated heterocycles. The van der Waals surface area contributed by atoms with Crippen LogP contribution >= 0.6 is 9.03 Å². The number of hydrogen-bond donors (Lipinski definition) is 0. The topological polar surface area (TPSA) is 27.7 Å². The van der Waals surface area contributed by atoms with Crippen LogP contribution in [0.25, 0.3) is 0 Å². The van der Waals surface area contributed by atoms with Gasteiger partial charge in [0.15, 0.2) is 22.6 Å². The Morgan fingerprint density at radius 3 is 2.00 bits per heavy atom. The van der Waals surface area contributed by atoms with Gasteiger partial charge in [-0.1, -0.05) is 0 Å². The third kappa shape index (κ3) is 1.19. The SMILES string of the molecule is C1OCOPO1. The highest BCUT2D eigenvalue weighted by molar-refractivity contribution is 7.26. The fourth-order valence-corrected chi connectivity index (χ4v) is 0.553. The van der Waals surface area contributed by atoms with Crippen molar-refractivity contribution in [3.05, 3.63) is 0 Å². The maximum absolute atomic E-state index is 4.65. The highest BCUT2D eigenvalue weighted by Crippen LogP contribution is 2.16. The summed E-state index contributed by atoms with van der Waals surface area (Å²) in [6.45, 7) is 0.775. The van der Waals surface area contributed by atoms with Gasteiger partial charge in [-0.15, -0.1) is 0 Å². The standard InChI is InChI=1S/C2H5O3P/c1-3-2-5-6-4-1/h6H,1-2H2. The van der Waals surface area contributed by atoms with Crippen molar-refractivity contribution in [1.82, 2.24) is 0 Å². The van der Waals surface area contributed by atoms with Crippen LogP contribution in [-0.4, -0.2) is 13.6 Å². The van der Waals surface area contributed by atoms with Crippen molar-refractivity contribution in [2.75, 3.05) is 13.6 Å². The largest absolute Gasteiger partial charge is 0.329 e. The Morgan fingerprint density at radius 2 is 1.83 bits per heavy atom. The third-order valence-corrected chi connectivity index (χ3v) is 0.874. The molecule has 0 aromatic carbocycles. The van der Waals surface area contributed by atoms with Gasteiger partial charge in [-0.2, -0.15) is 0 Å². The number of rotatable bonds is 0. The average Bonchev–Trinajstić information content (AvgIpc) is 1.72. The van der Waals surface area contributed by atoms with Crippen molar-refractivity contribution in [2.45, 2.75) is 0 Å². The molecule has 1 aliphatic rings. The monoisotopic (exact) mass is 108 g/mol. The van der Waals surface area contributed by atoms with Crippen molar-refractivity contribution in [3.63, 3.8) is 0 Å². The zero-order chi connectivity index (χ0) is 4.24. The minimum atomic E-state index is 0.177. The van der Waals surface area contributed by atoms with E-state index in [1.54, 1.807) is 0 Å². The first-order valence-corrected chi connectivity index (χ1v) is 2.38. The van der Waals surface area contributed by atoms with Gasteiger partial charge in [0.25, 0.3) is 0 Å². The van der Waals surface area contributed by atoms with Gasteiger partial charge in [0.05, 0.1) is 0 Å². The molecule has 1 aliphatic heterocycles. The van der Waals surface area contributed by atoms with E-state index in [1.807, 2.05) is 0 Å². The Hall–Kier alpha value is 0.310. The van der Waals surface area contributed by atoms with E-state index in [9.17, 15) is 0 Å². The van der Waals surface area contributed by atoms with Gasteiger partial charge in [0.1, 0.15) is 0 Å². The van der Waals surface area contributed by atoms with E-state index in [0.29, 0.717) is 13.6 Å². The lowest BCUT2D eigenvalue weighted by atomic mass is 11.4. The molecular formula is C2H5O3P. The van der Waals surface area contributed by atoms with Crippen LogP contribution in [-0.2, 0) is 13.8 Å². The quantitative estimate of drug-likeness (QED) is 0.422. The van der Waals surface area contributed by atoms with Crippen LogP contribution in [0.1, 0.15) is 0 Å². The van der Waals surface area contributed by atoms with Gasteiger partial charge in [0.2, 0.25) is 0 Å². The van der Waals surface area contributed by atoms with Crippen LogP contribution in [0, 0.1) is 0 Å². The molecular weight excluding hydrogens is 103 g/mol. The second-order valence-corrected chi connectivity index (χ2v) is 1.56. The van der Waals surface area contributed by atoms with E-state index >= 15 is 0 Å². The highest BCUT2D eigenvalue weighted by atomic mass is 31.1. The first-order chi connectivity index (χ1) is 3.00. The van der Waals surface area contributed by atoms with Crippen molar-refractivity contribution in [3.8, 4) is 0 Å². The Balaban J connectivity index is 2.00. The van der Waals surface area contributed by atoms with Crippen molar-refractivity contribution in [1.29, 1.82) is 0 Å². The summed E-state index contributed by atoms with van der Waals surface area (Å²) in [5, 5.41) is 0. The van der Waals surface area contributed by atoms with E-state index in [-0.39, 0.29) is 9.03 Å².